The zero-order chi connectivity index (χ0) is 22.1. The molecular formula is C21H25N3O6. The smallest absolute Gasteiger partial charge is 0.328 e. The van der Waals surface area contributed by atoms with E-state index >= 15 is 0 Å². The van der Waals surface area contributed by atoms with E-state index in [9.17, 15) is 19.5 Å². The molecular weight excluding hydrogens is 390 g/mol. The quantitative estimate of drug-likeness (QED) is 0.306. The minimum absolute atomic E-state index is 0.0354. The molecule has 3 atom stereocenters. The largest absolute Gasteiger partial charge is 0.508 e. The van der Waals surface area contributed by atoms with Crippen molar-refractivity contribution < 1.29 is 29.7 Å². The van der Waals surface area contributed by atoms with Crippen LogP contribution >= 0.6 is 0 Å². The third-order valence-corrected chi connectivity index (χ3v) is 4.44. The van der Waals surface area contributed by atoms with Crippen LogP contribution in [-0.4, -0.2) is 57.8 Å². The molecule has 9 nitrogen and oxygen atoms in total. The van der Waals surface area contributed by atoms with Crippen molar-refractivity contribution in [2.45, 2.75) is 31.0 Å². The molecule has 0 aliphatic carbocycles. The Morgan fingerprint density at radius 3 is 1.97 bits per heavy atom. The second-order valence-corrected chi connectivity index (χ2v) is 6.81. The first-order chi connectivity index (χ1) is 14.3. The zero-order valence-corrected chi connectivity index (χ0v) is 16.2. The average Bonchev–Trinajstić information content (AvgIpc) is 2.73. The van der Waals surface area contributed by atoms with E-state index in [4.69, 9.17) is 15.9 Å². The van der Waals surface area contributed by atoms with Crippen molar-refractivity contribution in [3.05, 3.63) is 65.7 Å². The predicted molar refractivity (Wildman–Crippen MR) is 109 cm³/mol. The number of phenolic OH excluding ortho intramolecular Hbond substituents is 1. The fourth-order valence-electron chi connectivity index (χ4n) is 2.77. The van der Waals surface area contributed by atoms with Gasteiger partial charge in [-0.15, -0.1) is 0 Å². The first kappa shape index (κ1) is 22.9. The van der Waals surface area contributed by atoms with E-state index in [0.29, 0.717) is 5.56 Å². The van der Waals surface area contributed by atoms with Gasteiger partial charge in [-0.1, -0.05) is 42.5 Å². The highest BCUT2D eigenvalue weighted by atomic mass is 16.4. The molecule has 0 saturated heterocycles. The molecule has 2 aromatic carbocycles. The van der Waals surface area contributed by atoms with Crippen molar-refractivity contribution in [1.82, 2.24) is 10.6 Å². The number of nitrogens with two attached hydrogens (primary N) is 1. The molecule has 0 aliphatic rings. The van der Waals surface area contributed by atoms with Gasteiger partial charge in [0.1, 0.15) is 17.8 Å². The standard InChI is InChI=1S/C21H25N3O6/c22-16(10-13-4-2-1-3-5-13)19(27)23-17(11-14-6-8-15(26)9-7-14)20(28)24-18(12-25)21(29)30/h1-9,16-18,25-26H,10-12,22H2,(H,23,27)(H,24,28)(H,29,30). The van der Waals surface area contributed by atoms with E-state index in [1.807, 2.05) is 30.3 Å². The summed E-state index contributed by atoms with van der Waals surface area (Å²) in [6, 6.07) is 11.6. The highest BCUT2D eigenvalue weighted by Crippen LogP contribution is 2.12. The van der Waals surface area contributed by atoms with Crippen LogP contribution in [0.5, 0.6) is 5.75 Å². The lowest BCUT2D eigenvalue weighted by Crippen LogP contribution is -2.56. The number of carboxylic acid groups (broad SMARTS) is 1. The van der Waals surface area contributed by atoms with Gasteiger partial charge in [0.15, 0.2) is 0 Å². The monoisotopic (exact) mass is 415 g/mol. The lowest BCUT2D eigenvalue weighted by Gasteiger charge is -2.22. The number of nitrogens with one attached hydrogen (secondary N) is 2. The highest BCUT2D eigenvalue weighted by molar-refractivity contribution is 5.92. The van der Waals surface area contributed by atoms with Crippen molar-refractivity contribution in [2.24, 2.45) is 5.73 Å². The summed E-state index contributed by atoms with van der Waals surface area (Å²) in [7, 11) is 0. The molecule has 0 heterocycles. The Balaban J connectivity index is 2.12. The van der Waals surface area contributed by atoms with Crippen LogP contribution in [0.4, 0.5) is 0 Å². The maximum absolute atomic E-state index is 12.6. The number of aromatic hydroxyl groups is 1. The lowest BCUT2D eigenvalue weighted by atomic mass is 10.0. The van der Waals surface area contributed by atoms with Crippen LogP contribution in [0.25, 0.3) is 0 Å². The van der Waals surface area contributed by atoms with Gasteiger partial charge in [-0.05, 0) is 29.7 Å². The van der Waals surface area contributed by atoms with Crippen LogP contribution in [0.2, 0.25) is 0 Å². The second kappa shape index (κ2) is 10.9. The van der Waals surface area contributed by atoms with Crippen LogP contribution in [0.15, 0.2) is 54.6 Å². The molecule has 0 radical (unpaired) electrons. The number of aliphatic hydroxyl groups excluding tert-OH is 1. The Morgan fingerprint density at radius 2 is 1.40 bits per heavy atom. The summed E-state index contributed by atoms with van der Waals surface area (Å²) in [5, 5.41) is 32.4. The molecule has 0 saturated carbocycles. The van der Waals surface area contributed by atoms with Gasteiger partial charge in [-0.25, -0.2) is 4.79 Å². The molecule has 0 fully saturated rings. The molecule has 0 aromatic heterocycles. The van der Waals surface area contributed by atoms with Crippen LogP contribution < -0.4 is 16.4 Å². The number of rotatable bonds is 10. The molecule has 2 aromatic rings. The highest BCUT2D eigenvalue weighted by Gasteiger charge is 2.28. The van der Waals surface area contributed by atoms with Gasteiger partial charge in [0.25, 0.3) is 0 Å². The van der Waals surface area contributed by atoms with E-state index in [1.54, 1.807) is 12.1 Å². The number of aliphatic hydroxyl groups is 1. The fraction of sp³-hybridized carbons (Fsp3) is 0.286. The molecule has 7 N–H and O–H groups in total. The third-order valence-electron chi connectivity index (χ3n) is 4.44. The van der Waals surface area contributed by atoms with Gasteiger partial charge in [0.2, 0.25) is 11.8 Å². The van der Waals surface area contributed by atoms with Crippen LogP contribution in [-0.2, 0) is 27.2 Å². The molecule has 160 valence electrons. The number of benzene rings is 2. The minimum Gasteiger partial charge on any atom is -0.508 e. The zero-order valence-electron chi connectivity index (χ0n) is 16.2. The van der Waals surface area contributed by atoms with Gasteiger partial charge < -0.3 is 31.7 Å². The summed E-state index contributed by atoms with van der Waals surface area (Å²) in [5.74, 6) is -2.71. The number of hydrogen-bond donors (Lipinski definition) is 6. The number of carboxylic acids is 1. The summed E-state index contributed by atoms with van der Waals surface area (Å²) in [6.07, 6.45) is 0.294. The maximum atomic E-state index is 12.6. The van der Waals surface area contributed by atoms with Gasteiger partial charge in [0, 0.05) is 6.42 Å². The third kappa shape index (κ3) is 6.87. The lowest BCUT2D eigenvalue weighted by molar-refractivity contribution is -0.143. The van der Waals surface area contributed by atoms with Crippen molar-refractivity contribution in [3.8, 4) is 5.75 Å². The van der Waals surface area contributed by atoms with E-state index < -0.39 is 42.5 Å². The number of aliphatic carboxylic acids is 1. The summed E-state index contributed by atoms with van der Waals surface area (Å²) >= 11 is 0. The van der Waals surface area contributed by atoms with E-state index in [0.717, 1.165) is 5.56 Å². The Labute approximate surface area is 173 Å². The number of carbonyl (C=O) groups excluding carboxylic acids is 2. The molecule has 30 heavy (non-hydrogen) atoms. The maximum Gasteiger partial charge on any atom is 0.328 e. The topological polar surface area (TPSA) is 162 Å². The van der Waals surface area contributed by atoms with Crippen LogP contribution in [0.1, 0.15) is 11.1 Å². The first-order valence-electron chi connectivity index (χ1n) is 9.32. The molecule has 2 amide bonds. The molecule has 0 spiro atoms. The van der Waals surface area contributed by atoms with Crippen molar-refractivity contribution in [3.63, 3.8) is 0 Å². The fourth-order valence-corrected chi connectivity index (χ4v) is 2.77. The predicted octanol–water partition coefficient (Wildman–Crippen LogP) is -0.449. The molecule has 0 bridgehead atoms. The summed E-state index contributed by atoms with van der Waals surface area (Å²) < 4.78 is 0. The van der Waals surface area contributed by atoms with E-state index in [2.05, 4.69) is 10.6 Å². The van der Waals surface area contributed by atoms with E-state index in [-0.39, 0.29) is 18.6 Å². The molecule has 2 rings (SSSR count). The van der Waals surface area contributed by atoms with E-state index in [1.165, 1.54) is 12.1 Å². The van der Waals surface area contributed by atoms with Crippen LogP contribution in [0, 0.1) is 0 Å². The van der Waals surface area contributed by atoms with Crippen molar-refractivity contribution >= 4 is 17.8 Å². The summed E-state index contributed by atoms with van der Waals surface area (Å²) in [6.45, 7) is -0.797. The number of phenols is 1. The minimum atomic E-state index is -1.50. The van der Waals surface area contributed by atoms with Gasteiger partial charge >= 0.3 is 5.97 Å². The number of hydrogen-bond acceptors (Lipinski definition) is 6. The SMILES string of the molecule is NC(Cc1ccccc1)C(=O)NC(Cc1ccc(O)cc1)C(=O)NC(CO)C(=O)O. The van der Waals surface area contributed by atoms with Crippen molar-refractivity contribution in [2.75, 3.05) is 6.61 Å². The van der Waals surface area contributed by atoms with Gasteiger partial charge in [-0.3, -0.25) is 9.59 Å². The Hall–Kier alpha value is -3.43. The number of carbonyl (C=O) groups is 3. The van der Waals surface area contributed by atoms with Crippen molar-refractivity contribution in [1.29, 1.82) is 0 Å². The van der Waals surface area contributed by atoms with Gasteiger partial charge in [0.05, 0.1) is 12.6 Å². The Bertz CT molecular complexity index is 857. The molecule has 3 unspecified atom stereocenters. The average molecular weight is 415 g/mol. The second-order valence-electron chi connectivity index (χ2n) is 6.81. The number of amides is 2. The van der Waals surface area contributed by atoms with Gasteiger partial charge in [-0.2, -0.15) is 0 Å². The first-order valence-corrected chi connectivity index (χ1v) is 9.32. The Kier molecular flexibility index (Phi) is 8.33. The molecule has 9 heteroatoms. The summed E-state index contributed by atoms with van der Waals surface area (Å²) in [5.41, 5.74) is 7.45. The molecule has 0 aliphatic heterocycles. The summed E-state index contributed by atoms with van der Waals surface area (Å²) in [4.78, 5) is 36.3. The normalized spacial score (nSPS) is 13.7. The van der Waals surface area contributed by atoms with Crippen LogP contribution in [0.3, 0.4) is 0 Å². The Morgan fingerprint density at radius 1 is 0.833 bits per heavy atom.